The van der Waals surface area contributed by atoms with E-state index in [0.29, 0.717) is 47.7 Å². The molecule has 2 aromatic carbocycles. The summed E-state index contributed by atoms with van der Waals surface area (Å²) in [4.78, 5) is 17.8. The largest absolute Gasteiger partial charge is 0.444 e. The van der Waals surface area contributed by atoms with E-state index in [-0.39, 0.29) is 5.56 Å². The van der Waals surface area contributed by atoms with E-state index in [4.69, 9.17) is 9.15 Å². The lowest BCUT2D eigenvalue weighted by Crippen LogP contribution is -2.24. The first-order valence-electron chi connectivity index (χ1n) is 11.2. The highest BCUT2D eigenvalue weighted by Gasteiger charge is 2.17. The van der Waals surface area contributed by atoms with Crippen LogP contribution in [-0.2, 0) is 17.0 Å². The fourth-order valence-electron chi connectivity index (χ4n) is 3.84. The molecule has 0 aliphatic carbocycles. The molecule has 3 aromatic heterocycles. The second kappa shape index (κ2) is 9.82. The molecule has 0 unspecified atom stereocenters. The maximum absolute atomic E-state index is 13.2. The lowest BCUT2D eigenvalue weighted by Gasteiger charge is -2.11. The minimum Gasteiger partial charge on any atom is -0.444 e. The van der Waals surface area contributed by atoms with Crippen molar-refractivity contribution in [3.8, 4) is 11.5 Å². The van der Waals surface area contributed by atoms with Gasteiger partial charge in [-0.25, -0.2) is 4.98 Å². The molecule has 0 spiro atoms. The van der Waals surface area contributed by atoms with Gasteiger partial charge in [0.1, 0.15) is 6.26 Å². The first-order chi connectivity index (χ1) is 16.7. The van der Waals surface area contributed by atoms with E-state index in [1.165, 1.54) is 17.3 Å². The van der Waals surface area contributed by atoms with Gasteiger partial charge < -0.3 is 9.15 Å². The van der Waals surface area contributed by atoms with Crippen molar-refractivity contribution in [3.05, 3.63) is 76.4 Å². The number of thioether (sulfide) groups is 1. The Morgan fingerprint density at radius 2 is 1.91 bits per heavy atom. The van der Waals surface area contributed by atoms with Crippen LogP contribution in [0.25, 0.3) is 28.1 Å². The number of rotatable bonds is 9. The number of hydrogen-bond acceptors (Lipinski definition) is 7. The number of fused-ring (bicyclic) bond motifs is 3. The molecule has 3 heterocycles. The molecule has 0 radical (unpaired) electrons. The van der Waals surface area contributed by atoms with Crippen molar-refractivity contribution in [1.29, 1.82) is 0 Å². The SMILES string of the molecule is CCOCCCn1c(=O)c2ccccc2n2c(SCc3coc(-c4ccc(C)cc4)n3)nnc12. The van der Waals surface area contributed by atoms with Crippen molar-refractivity contribution in [2.45, 2.75) is 37.7 Å². The monoisotopic (exact) mass is 475 g/mol. The van der Waals surface area contributed by atoms with E-state index in [9.17, 15) is 4.79 Å². The highest BCUT2D eigenvalue weighted by atomic mass is 32.2. The molecule has 34 heavy (non-hydrogen) atoms. The Labute approximate surface area is 200 Å². The third-order valence-electron chi connectivity index (χ3n) is 5.55. The normalized spacial score (nSPS) is 11.6. The van der Waals surface area contributed by atoms with Gasteiger partial charge >= 0.3 is 0 Å². The van der Waals surface area contributed by atoms with Crippen LogP contribution in [0.4, 0.5) is 0 Å². The molecule has 0 N–H and O–H groups in total. The average molecular weight is 476 g/mol. The third kappa shape index (κ3) is 4.36. The van der Waals surface area contributed by atoms with Crippen molar-refractivity contribution < 1.29 is 9.15 Å². The molecule has 5 rings (SSSR count). The fourth-order valence-corrected chi connectivity index (χ4v) is 4.66. The van der Waals surface area contributed by atoms with Crippen molar-refractivity contribution in [1.82, 2.24) is 24.1 Å². The molecular weight excluding hydrogens is 450 g/mol. The zero-order chi connectivity index (χ0) is 23.5. The number of aryl methyl sites for hydroxylation is 2. The average Bonchev–Trinajstić information content (AvgIpc) is 3.50. The van der Waals surface area contributed by atoms with Crippen LogP contribution in [0.15, 0.2) is 69.2 Å². The van der Waals surface area contributed by atoms with Crippen LogP contribution in [0.5, 0.6) is 0 Å². The lowest BCUT2D eigenvalue weighted by atomic mass is 10.1. The Kier molecular flexibility index (Phi) is 6.46. The highest BCUT2D eigenvalue weighted by molar-refractivity contribution is 7.98. The zero-order valence-electron chi connectivity index (χ0n) is 19.1. The number of hydrogen-bond donors (Lipinski definition) is 0. The van der Waals surface area contributed by atoms with Crippen LogP contribution in [0.1, 0.15) is 24.6 Å². The first-order valence-corrected chi connectivity index (χ1v) is 12.2. The molecule has 5 aromatic rings. The van der Waals surface area contributed by atoms with E-state index < -0.39 is 0 Å². The molecular formula is C25H25N5O3S. The fraction of sp³-hybridized carbons (Fsp3) is 0.280. The number of oxazole rings is 1. The number of para-hydroxylation sites is 1. The van der Waals surface area contributed by atoms with Gasteiger partial charge in [-0.1, -0.05) is 41.6 Å². The molecule has 0 bridgehead atoms. The van der Waals surface area contributed by atoms with Gasteiger partial charge in [-0.15, -0.1) is 10.2 Å². The minimum atomic E-state index is -0.0669. The minimum absolute atomic E-state index is 0.0669. The van der Waals surface area contributed by atoms with Gasteiger partial charge in [0.15, 0.2) is 5.16 Å². The summed E-state index contributed by atoms with van der Waals surface area (Å²) in [5.74, 6) is 1.69. The Hall–Kier alpha value is -3.43. The summed E-state index contributed by atoms with van der Waals surface area (Å²) in [6, 6.07) is 15.6. The molecule has 0 fully saturated rings. The van der Waals surface area contributed by atoms with Crippen LogP contribution in [0.3, 0.4) is 0 Å². The van der Waals surface area contributed by atoms with Crippen molar-refractivity contribution in [3.63, 3.8) is 0 Å². The lowest BCUT2D eigenvalue weighted by molar-refractivity contribution is 0.141. The van der Waals surface area contributed by atoms with Crippen LogP contribution < -0.4 is 5.56 Å². The van der Waals surface area contributed by atoms with Crippen molar-refractivity contribution >= 4 is 28.4 Å². The first kappa shape index (κ1) is 22.4. The van der Waals surface area contributed by atoms with E-state index in [1.807, 2.05) is 66.8 Å². The second-order valence-corrected chi connectivity index (χ2v) is 8.88. The van der Waals surface area contributed by atoms with Crippen LogP contribution in [0, 0.1) is 6.92 Å². The third-order valence-corrected chi connectivity index (χ3v) is 6.51. The van der Waals surface area contributed by atoms with Crippen LogP contribution in [-0.4, -0.2) is 37.4 Å². The maximum Gasteiger partial charge on any atom is 0.262 e. The molecule has 8 nitrogen and oxygen atoms in total. The van der Waals surface area contributed by atoms with Crippen LogP contribution >= 0.6 is 11.8 Å². The van der Waals surface area contributed by atoms with Gasteiger partial charge in [-0.05, 0) is 44.5 Å². The van der Waals surface area contributed by atoms with Gasteiger partial charge in [0, 0.05) is 31.1 Å². The standard InChI is InChI=1S/C25H25N5O3S/c1-3-32-14-6-13-29-23(31)20-7-4-5-8-21(20)30-24(29)27-28-25(30)34-16-19-15-33-22(26-19)18-11-9-17(2)10-12-18/h4-5,7-12,15H,3,6,13-14,16H2,1-2H3. The topological polar surface area (TPSA) is 87.5 Å². The summed E-state index contributed by atoms with van der Waals surface area (Å²) in [6.45, 7) is 5.77. The van der Waals surface area contributed by atoms with Gasteiger partial charge in [0.25, 0.3) is 5.56 Å². The molecule has 0 amide bonds. The van der Waals surface area contributed by atoms with E-state index >= 15 is 0 Å². The van der Waals surface area contributed by atoms with Gasteiger partial charge in [0.2, 0.25) is 11.7 Å². The predicted molar refractivity (Wildman–Crippen MR) is 132 cm³/mol. The number of aromatic nitrogens is 5. The van der Waals surface area contributed by atoms with Crippen molar-refractivity contribution in [2.24, 2.45) is 0 Å². The van der Waals surface area contributed by atoms with Gasteiger partial charge in [-0.2, -0.15) is 0 Å². The summed E-state index contributed by atoms with van der Waals surface area (Å²) in [7, 11) is 0. The summed E-state index contributed by atoms with van der Waals surface area (Å²) in [5.41, 5.74) is 3.66. The Morgan fingerprint density at radius 3 is 2.74 bits per heavy atom. The molecule has 0 atom stereocenters. The molecule has 0 aliphatic heterocycles. The Bertz CT molecular complexity index is 1490. The number of nitrogens with zero attached hydrogens (tertiary/aromatic N) is 5. The van der Waals surface area contributed by atoms with E-state index in [0.717, 1.165) is 23.2 Å². The highest BCUT2D eigenvalue weighted by Crippen LogP contribution is 2.26. The maximum atomic E-state index is 13.2. The van der Waals surface area contributed by atoms with E-state index in [2.05, 4.69) is 15.2 Å². The van der Waals surface area contributed by atoms with Crippen LogP contribution in [0.2, 0.25) is 0 Å². The van der Waals surface area contributed by atoms with Gasteiger partial charge in [-0.3, -0.25) is 13.8 Å². The molecule has 9 heteroatoms. The van der Waals surface area contributed by atoms with Crippen molar-refractivity contribution in [2.75, 3.05) is 13.2 Å². The summed E-state index contributed by atoms with van der Waals surface area (Å²) in [5, 5.41) is 10.1. The summed E-state index contributed by atoms with van der Waals surface area (Å²) < 4.78 is 14.8. The summed E-state index contributed by atoms with van der Waals surface area (Å²) in [6.07, 6.45) is 2.39. The second-order valence-electron chi connectivity index (χ2n) is 7.94. The zero-order valence-corrected chi connectivity index (χ0v) is 19.9. The quantitative estimate of drug-likeness (QED) is 0.225. The number of ether oxygens (including phenoxy) is 1. The molecule has 174 valence electrons. The number of benzene rings is 2. The predicted octanol–water partition coefficient (Wildman–Crippen LogP) is 4.73. The molecule has 0 saturated heterocycles. The molecule has 0 saturated carbocycles. The van der Waals surface area contributed by atoms with E-state index in [1.54, 1.807) is 10.8 Å². The molecule has 0 aliphatic rings. The van der Waals surface area contributed by atoms with Gasteiger partial charge in [0.05, 0.1) is 16.6 Å². The summed E-state index contributed by atoms with van der Waals surface area (Å²) >= 11 is 1.51. The Morgan fingerprint density at radius 1 is 1.09 bits per heavy atom. The smallest absolute Gasteiger partial charge is 0.262 e. The Balaban J connectivity index is 1.45.